The van der Waals surface area contributed by atoms with E-state index >= 15 is 0 Å². The number of nitrogens with zero attached hydrogens (tertiary/aromatic N) is 4. The van der Waals surface area contributed by atoms with Crippen molar-refractivity contribution in [2.24, 2.45) is 0 Å². The SMILES string of the molecule is CN1CCC[C@@H](NC(=O)c2ccc(C3CCN(C(=O)c4ccccn4)CC3)nc2)C1. The number of likely N-dealkylation sites (N-methyl/N-ethyl adjacent to an activating group) is 1. The lowest BCUT2D eigenvalue weighted by Crippen LogP contribution is -2.46. The zero-order chi connectivity index (χ0) is 20.9. The Bertz CT molecular complexity index is 863. The van der Waals surface area contributed by atoms with Crippen LogP contribution in [-0.2, 0) is 0 Å². The molecule has 30 heavy (non-hydrogen) atoms. The number of hydrogen-bond acceptors (Lipinski definition) is 5. The summed E-state index contributed by atoms with van der Waals surface area (Å²) in [6.07, 6.45) is 7.20. The van der Waals surface area contributed by atoms with Crippen LogP contribution in [0, 0.1) is 0 Å². The van der Waals surface area contributed by atoms with Crippen molar-refractivity contribution in [2.45, 2.75) is 37.6 Å². The van der Waals surface area contributed by atoms with Crippen molar-refractivity contribution in [2.75, 3.05) is 33.2 Å². The maximum Gasteiger partial charge on any atom is 0.272 e. The van der Waals surface area contributed by atoms with Crippen molar-refractivity contribution < 1.29 is 9.59 Å². The zero-order valence-corrected chi connectivity index (χ0v) is 17.5. The number of amides is 2. The number of likely N-dealkylation sites (tertiary alicyclic amines) is 2. The van der Waals surface area contributed by atoms with Gasteiger partial charge in [-0.25, -0.2) is 0 Å². The summed E-state index contributed by atoms with van der Waals surface area (Å²) >= 11 is 0. The van der Waals surface area contributed by atoms with Crippen molar-refractivity contribution in [1.29, 1.82) is 0 Å². The van der Waals surface area contributed by atoms with E-state index in [0.29, 0.717) is 30.3 Å². The highest BCUT2D eigenvalue weighted by atomic mass is 16.2. The molecule has 2 fully saturated rings. The molecule has 2 aromatic heterocycles. The van der Waals surface area contributed by atoms with E-state index in [-0.39, 0.29) is 17.9 Å². The monoisotopic (exact) mass is 407 g/mol. The Labute approximate surface area is 177 Å². The molecule has 4 heterocycles. The maximum absolute atomic E-state index is 12.5. The standard InChI is InChI=1S/C23H29N5O2/c1-27-12-4-5-19(16-27)26-22(29)18-7-8-20(25-15-18)17-9-13-28(14-10-17)23(30)21-6-2-3-11-24-21/h2-3,6-8,11,15,17,19H,4-5,9-10,12-14,16H2,1H3,(H,26,29)/t19-/m1/s1. The molecule has 158 valence electrons. The van der Waals surface area contributed by atoms with E-state index in [4.69, 9.17) is 0 Å². The van der Waals surface area contributed by atoms with Crippen LogP contribution < -0.4 is 5.32 Å². The molecule has 0 spiro atoms. The van der Waals surface area contributed by atoms with Crippen LogP contribution in [0.3, 0.4) is 0 Å². The molecule has 1 atom stereocenters. The molecule has 0 aromatic carbocycles. The molecule has 0 bridgehead atoms. The van der Waals surface area contributed by atoms with Crippen LogP contribution in [0.15, 0.2) is 42.7 Å². The minimum absolute atomic E-state index is 0.0117. The number of carbonyl (C=O) groups is 2. The summed E-state index contributed by atoms with van der Waals surface area (Å²) in [5.41, 5.74) is 2.09. The molecule has 7 heteroatoms. The average Bonchev–Trinajstić information content (AvgIpc) is 2.79. The number of carbonyl (C=O) groups excluding carboxylic acids is 2. The molecular formula is C23H29N5O2. The molecule has 2 aromatic rings. The van der Waals surface area contributed by atoms with Crippen LogP contribution in [0.25, 0.3) is 0 Å². The van der Waals surface area contributed by atoms with E-state index in [2.05, 4.69) is 27.2 Å². The number of pyridine rings is 2. The van der Waals surface area contributed by atoms with E-state index in [0.717, 1.165) is 44.5 Å². The van der Waals surface area contributed by atoms with Crippen LogP contribution in [0.1, 0.15) is 58.1 Å². The second kappa shape index (κ2) is 9.34. The molecule has 2 saturated heterocycles. The van der Waals surface area contributed by atoms with Crippen molar-refractivity contribution in [3.8, 4) is 0 Å². The van der Waals surface area contributed by atoms with Gasteiger partial charge in [-0.1, -0.05) is 6.07 Å². The molecular weight excluding hydrogens is 378 g/mol. The van der Waals surface area contributed by atoms with Crippen LogP contribution in [0.5, 0.6) is 0 Å². The van der Waals surface area contributed by atoms with Gasteiger partial charge in [-0.15, -0.1) is 0 Å². The Balaban J connectivity index is 1.30. The van der Waals surface area contributed by atoms with Gasteiger partial charge in [0, 0.05) is 49.7 Å². The first-order valence-electron chi connectivity index (χ1n) is 10.8. The highest BCUT2D eigenvalue weighted by Crippen LogP contribution is 2.27. The maximum atomic E-state index is 12.5. The van der Waals surface area contributed by atoms with Crippen molar-refractivity contribution in [1.82, 2.24) is 25.1 Å². The minimum atomic E-state index is -0.0508. The third-order valence-corrected chi connectivity index (χ3v) is 6.09. The largest absolute Gasteiger partial charge is 0.348 e. The smallest absolute Gasteiger partial charge is 0.272 e. The number of nitrogens with one attached hydrogen (secondary N) is 1. The molecule has 1 N–H and O–H groups in total. The molecule has 4 rings (SSSR count). The second-order valence-electron chi connectivity index (χ2n) is 8.33. The quantitative estimate of drug-likeness (QED) is 0.842. The van der Waals surface area contributed by atoms with Crippen LogP contribution >= 0.6 is 0 Å². The number of piperidine rings is 2. The fourth-order valence-corrected chi connectivity index (χ4v) is 4.36. The molecule has 0 unspecified atom stereocenters. The van der Waals surface area contributed by atoms with Gasteiger partial charge in [0.2, 0.25) is 0 Å². The Kier molecular flexibility index (Phi) is 6.38. The summed E-state index contributed by atoms with van der Waals surface area (Å²) in [6.45, 7) is 3.38. The molecule has 2 aliphatic rings. The van der Waals surface area contributed by atoms with Crippen LogP contribution in [0.2, 0.25) is 0 Å². The van der Waals surface area contributed by atoms with Crippen molar-refractivity contribution in [3.63, 3.8) is 0 Å². The number of hydrogen-bond donors (Lipinski definition) is 1. The normalized spacial score (nSPS) is 20.7. The number of aromatic nitrogens is 2. The summed E-state index contributed by atoms with van der Waals surface area (Å²) in [5, 5.41) is 3.13. The summed E-state index contributed by atoms with van der Waals surface area (Å²) < 4.78 is 0. The van der Waals surface area contributed by atoms with E-state index in [1.807, 2.05) is 29.2 Å². The van der Waals surface area contributed by atoms with Crippen LogP contribution in [-0.4, -0.2) is 70.9 Å². The second-order valence-corrected chi connectivity index (χ2v) is 8.33. The van der Waals surface area contributed by atoms with Gasteiger partial charge in [-0.2, -0.15) is 0 Å². The van der Waals surface area contributed by atoms with Gasteiger partial charge >= 0.3 is 0 Å². The highest BCUT2D eigenvalue weighted by molar-refractivity contribution is 5.94. The molecule has 0 radical (unpaired) electrons. The highest BCUT2D eigenvalue weighted by Gasteiger charge is 2.26. The summed E-state index contributed by atoms with van der Waals surface area (Å²) in [4.78, 5) is 37.9. The van der Waals surface area contributed by atoms with E-state index in [9.17, 15) is 9.59 Å². The fourth-order valence-electron chi connectivity index (χ4n) is 4.36. The van der Waals surface area contributed by atoms with Crippen LogP contribution in [0.4, 0.5) is 0 Å². The van der Waals surface area contributed by atoms with Gasteiger partial charge in [0.05, 0.1) is 5.56 Å². The summed E-state index contributed by atoms with van der Waals surface area (Å²) in [6, 6.07) is 9.44. The van der Waals surface area contributed by atoms with Gasteiger partial charge < -0.3 is 15.1 Å². The van der Waals surface area contributed by atoms with Gasteiger partial charge in [-0.3, -0.25) is 19.6 Å². The predicted octanol–water partition coefficient (Wildman–Crippen LogP) is 2.32. The van der Waals surface area contributed by atoms with E-state index in [1.54, 1.807) is 18.5 Å². The van der Waals surface area contributed by atoms with Gasteiger partial charge in [0.1, 0.15) is 5.69 Å². The first-order chi connectivity index (χ1) is 14.6. The zero-order valence-electron chi connectivity index (χ0n) is 17.5. The van der Waals surface area contributed by atoms with Gasteiger partial charge in [-0.05, 0) is 63.5 Å². The predicted molar refractivity (Wildman–Crippen MR) is 114 cm³/mol. The lowest BCUT2D eigenvalue weighted by atomic mass is 9.92. The molecule has 0 aliphatic carbocycles. The Hall–Kier alpha value is -2.80. The Morgan fingerprint density at radius 1 is 1.03 bits per heavy atom. The Morgan fingerprint density at radius 3 is 2.53 bits per heavy atom. The first kappa shape index (κ1) is 20.5. The first-order valence-corrected chi connectivity index (χ1v) is 10.8. The Morgan fingerprint density at radius 2 is 1.87 bits per heavy atom. The minimum Gasteiger partial charge on any atom is -0.348 e. The van der Waals surface area contributed by atoms with E-state index in [1.165, 1.54) is 0 Å². The van der Waals surface area contributed by atoms with Gasteiger partial charge in [0.15, 0.2) is 0 Å². The molecule has 0 saturated carbocycles. The van der Waals surface area contributed by atoms with Crippen molar-refractivity contribution >= 4 is 11.8 Å². The van der Waals surface area contributed by atoms with Crippen molar-refractivity contribution in [3.05, 3.63) is 59.7 Å². The fraction of sp³-hybridized carbons (Fsp3) is 0.478. The number of rotatable bonds is 4. The molecule has 2 amide bonds. The third kappa shape index (κ3) is 4.84. The lowest BCUT2D eigenvalue weighted by Gasteiger charge is -2.31. The third-order valence-electron chi connectivity index (χ3n) is 6.09. The average molecular weight is 408 g/mol. The molecule has 2 aliphatic heterocycles. The summed E-state index contributed by atoms with van der Waals surface area (Å²) in [7, 11) is 2.09. The lowest BCUT2D eigenvalue weighted by molar-refractivity contribution is 0.0705. The van der Waals surface area contributed by atoms with Gasteiger partial charge in [0.25, 0.3) is 11.8 Å². The molecule has 7 nitrogen and oxygen atoms in total. The van der Waals surface area contributed by atoms with E-state index < -0.39 is 0 Å². The summed E-state index contributed by atoms with van der Waals surface area (Å²) in [5.74, 6) is 0.245. The topological polar surface area (TPSA) is 78.4 Å².